The molecule has 1 atom stereocenters. The SMILES string of the molecule is CC1CN(Cc2ccc(Br)cc2)CCO1. The number of benzene rings is 1. The summed E-state index contributed by atoms with van der Waals surface area (Å²) in [5, 5.41) is 0. The van der Waals surface area contributed by atoms with E-state index in [2.05, 4.69) is 52.0 Å². The zero-order valence-electron chi connectivity index (χ0n) is 8.95. The topological polar surface area (TPSA) is 12.5 Å². The highest BCUT2D eigenvalue weighted by Gasteiger charge is 2.16. The molecule has 3 heteroatoms. The fraction of sp³-hybridized carbons (Fsp3) is 0.500. The monoisotopic (exact) mass is 269 g/mol. The van der Waals surface area contributed by atoms with E-state index in [1.807, 2.05) is 0 Å². The molecule has 1 saturated heterocycles. The van der Waals surface area contributed by atoms with Crippen LogP contribution in [0.1, 0.15) is 12.5 Å². The lowest BCUT2D eigenvalue weighted by Gasteiger charge is -2.31. The van der Waals surface area contributed by atoms with Crippen LogP contribution in [0, 0.1) is 0 Å². The van der Waals surface area contributed by atoms with E-state index in [0.29, 0.717) is 6.10 Å². The Morgan fingerprint density at radius 2 is 2.13 bits per heavy atom. The van der Waals surface area contributed by atoms with Crippen LogP contribution in [0.5, 0.6) is 0 Å². The molecule has 0 saturated carbocycles. The predicted octanol–water partition coefficient (Wildman–Crippen LogP) is 2.67. The van der Waals surface area contributed by atoms with Gasteiger partial charge in [0.1, 0.15) is 0 Å². The average molecular weight is 270 g/mol. The van der Waals surface area contributed by atoms with Crippen molar-refractivity contribution in [2.24, 2.45) is 0 Å². The minimum Gasteiger partial charge on any atom is -0.376 e. The fourth-order valence-electron chi connectivity index (χ4n) is 1.88. The van der Waals surface area contributed by atoms with Gasteiger partial charge in [-0.1, -0.05) is 28.1 Å². The van der Waals surface area contributed by atoms with E-state index in [1.165, 1.54) is 5.56 Å². The number of morpholine rings is 1. The molecule has 1 aliphatic rings. The highest BCUT2D eigenvalue weighted by atomic mass is 79.9. The molecule has 1 aliphatic heterocycles. The van der Waals surface area contributed by atoms with Crippen LogP contribution in [-0.4, -0.2) is 30.7 Å². The summed E-state index contributed by atoms with van der Waals surface area (Å²) in [6.07, 6.45) is 0.370. The van der Waals surface area contributed by atoms with Crippen LogP contribution in [0.4, 0.5) is 0 Å². The largest absolute Gasteiger partial charge is 0.376 e. The Balaban J connectivity index is 1.93. The van der Waals surface area contributed by atoms with Crippen LogP contribution in [0.3, 0.4) is 0 Å². The van der Waals surface area contributed by atoms with Gasteiger partial charge in [-0.25, -0.2) is 0 Å². The van der Waals surface area contributed by atoms with Gasteiger partial charge in [-0.3, -0.25) is 4.90 Å². The second kappa shape index (κ2) is 5.10. The Morgan fingerprint density at radius 3 is 2.80 bits per heavy atom. The number of ether oxygens (including phenoxy) is 1. The molecule has 0 amide bonds. The lowest BCUT2D eigenvalue weighted by Crippen LogP contribution is -2.40. The molecule has 1 unspecified atom stereocenters. The smallest absolute Gasteiger partial charge is 0.0674 e. The van der Waals surface area contributed by atoms with Gasteiger partial charge in [0.25, 0.3) is 0 Å². The summed E-state index contributed by atoms with van der Waals surface area (Å²) in [6, 6.07) is 8.53. The van der Waals surface area contributed by atoms with Crippen molar-refractivity contribution in [3.05, 3.63) is 34.3 Å². The summed E-state index contributed by atoms with van der Waals surface area (Å²) >= 11 is 3.45. The Labute approximate surface area is 99.4 Å². The van der Waals surface area contributed by atoms with Crippen molar-refractivity contribution < 1.29 is 4.74 Å². The second-order valence-electron chi connectivity index (χ2n) is 4.04. The summed E-state index contributed by atoms with van der Waals surface area (Å²) in [5.41, 5.74) is 1.37. The van der Waals surface area contributed by atoms with Crippen molar-refractivity contribution >= 4 is 15.9 Å². The summed E-state index contributed by atoms with van der Waals surface area (Å²) in [5.74, 6) is 0. The van der Waals surface area contributed by atoms with Gasteiger partial charge in [0.05, 0.1) is 12.7 Å². The zero-order chi connectivity index (χ0) is 10.7. The van der Waals surface area contributed by atoms with Crippen LogP contribution < -0.4 is 0 Å². The van der Waals surface area contributed by atoms with Crippen LogP contribution in [-0.2, 0) is 11.3 Å². The van der Waals surface area contributed by atoms with Crippen LogP contribution in [0.15, 0.2) is 28.7 Å². The third-order valence-corrected chi connectivity index (χ3v) is 3.17. The molecule has 0 N–H and O–H groups in total. The van der Waals surface area contributed by atoms with Crippen molar-refractivity contribution in [1.29, 1.82) is 0 Å². The van der Waals surface area contributed by atoms with Crippen molar-refractivity contribution in [3.8, 4) is 0 Å². The van der Waals surface area contributed by atoms with E-state index in [9.17, 15) is 0 Å². The molecule has 2 rings (SSSR count). The molecule has 0 spiro atoms. The standard InChI is InChI=1S/C12H16BrNO/c1-10-8-14(6-7-15-10)9-11-2-4-12(13)5-3-11/h2-5,10H,6-9H2,1H3. The molecule has 82 valence electrons. The highest BCUT2D eigenvalue weighted by molar-refractivity contribution is 9.10. The van der Waals surface area contributed by atoms with Crippen molar-refractivity contribution in [1.82, 2.24) is 4.90 Å². The summed E-state index contributed by atoms with van der Waals surface area (Å²) in [6.45, 7) is 6.10. The van der Waals surface area contributed by atoms with E-state index >= 15 is 0 Å². The number of nitrogens with zero attached hydrogens (tertiary/aromatic N) is 1. The second-order valence-corrected chi connectivity index (χ2v) is 4.96. The summed E-state index contributed by atoms with van der Waals surface area (Å²) in [4.78, 5) is 2.44. The lowest BCUT2D eigenvalue weighted by atomic mass is 10.2. The Kier molecular flexibility index (Phi) is 3.78. The van der Waals surface area contributed by atoms with Gasteiger partial charge in [0.15, 0.2) is 0 Å². The summed E-state index contributed by atoms with van der Waals surface area (Å²) in [7, 11) is 0. The van der Waals surface area contributed by atoms with E-state index in [-0.39, 0.29) is 0 Å². The number of hydrogen-bond donors (Lipinski definition) is 0. The zero-order valence-corrected chi connectivity index (χ0v) is 10.5. The molecule has 15 heavy (non-hydrogen) atoms. The maximum atomic E-state index is 5.52. The molecule has 1 heterocycles. The normalized spacial score (nSPS) is 22.9. The minimum atomic E-state index is 0.370. The maximum absolute atomic E-state index is 5.52. The molecule has 0 bridgehead atoms. The molecule has 1 aromatic carbocycles. The van der Waals surface area contributed by atoms with E-state index in [0.717, 1.165) is 30.7 Å². The average Bonchev–Trinajstić information content (AvgIpc) is 2.22. The molecule has 1 fully saturated rings. The van der Waals surface area contributed by atoms with Crippen molar-refractivity contribution in [2.75, 3.05) is 19.7 Å². The van der Waals surface area contributed by atoms with E-state index in [1.54, 1.807) is 0 Å². The van der Waals surface area contributed by atoms with Gasteiger partial charge in [-0.2, -0.15) is 0 Å². The van der Waals surface area contributed by atoms with Crippen molar-refractivity contribution in [3.63, 3.8) is 0 Å². The lowest BCUT2D eigenvalue weighted by molar-refractivity contribution is -0.0212. The molecular weight excluding hydrogens is 254 g/mol. The van der Waals surface area contributed by atoms with Gasteiger partial charge >= 0.3 is 0 Å². The highest BCUT2D eigenvalue weighted by Crippen LogP contribution is 2.14. The molecule has 0 radical (unpaired) electrons. The first kappa shape index (κ1) is 11.1. The van der Waals surface area contributed by atoms with E-state index < -0.39 is 0 Å². The number of rotatable bonds is 2. The Morgan fingerprint density at radius 1 is 1.40 bits per heavy atom. The first-order valence-corrected chi connectivity index (χ1v) is 6.12. The van der Waals surface area contributed by atoms with Crippen LogP contribution in [0.25, 0.3) is 0 Å². The molecular formula is C12H16BrNO. The minimum absolute atomic E-state index is 0.370. The van der Waals surface area contributed by atoms with Gasteiger partial charge in [0, 0.05) is 24.1 Å². The third-order valence-electron chi connectivity index (χ3n) is 2.64. The first-order chi connectivity index (χ1) is 7.24. The fourth-order valence-corrected chi connectivity index (χ4v) is 2.15. The third kappa shape index (κ3) is 3.30. The predicted molar refractivity (Wildman–Crippen MR) is 64.8 cm³/mol. The summed E-state index contributed by atoms with van der Waals surface area (Å²) < 4.78 is 6.66. The molecule has 1 aromatic rings. The van der Waals surface area contributed by atoms with E-state index in [4.69, 9.17) is 4.74 Å². The van der Waals surface area contributed by atoms with Crippen molar-refractivity contribution in [2.45, 2.75) is 19.6 Å². The molecule has 2 nitrogen and oxygen atoms in total. The van der Waals surface area contributed by atoms with Crippen LogP contribution >= 0.6 is 15.9 Å². The molecule has 0 aromatic heterocycles. The number of hydrogen-bond acceptors (Lipinski definition) is 2. The number of halogens is 1. The van der Waals surface area contributed by atoms with Gasteiger partial charge in [-0.05, 0) is 24.6 Å². The van der Waals surface area contributed by atoms with Crippen LogP contribution in [0.2, 0.25) is 0 Å². The quantitative estimate of drug-likeness (QED) is 0.819. The first-order valence-electron chi connectivity index (χ1n) is 5.32. The maximum Gasteiger partial charge on any atom is 0.0674 e. The Hall–Kier alpha value is -0.380. The molecule has 0 aliphatic carbocycles. The van der Waals surface area contributed by atoms with Gasteiger partial charge < -0.3 is 4.74 Å². The van der Waals surface area contributed by atoms with Gasteiger partial charge in [-0.15, -0.1) is 0 Å². The Bertz CT molecular complexity index is 312. The van der Waals surface area contributed by atoms with Gasteiger partial charge in [0.2, 0.25) is 0 Å².